The molecule has 0 fully saturated rings. The molecule has 40 heavy (non-hydrogen) atoms. The maximum absolute atomic E-state index is 13.2. The summed E-state index contributed by atoms with van der Waals surface area (Å²) in [5.41, 5.74) is 0.945. The van der Waals surface area contributed by atoms with Gasteiger partial charge in [-0.2, -0.15) is 0 Å². The highest BCUT2D eigenvalue weighted by Crippen LogP contribution is 2.40. The van der Waals surface area contributed by atoms with Crippen molar-refractivity contribution in [3.8, 4) is 17.2 Å². The molecule has 1 aliphatic heterocycles. The molecule has 2 N–H and O–H groups in total. The van der Waals surface area contributed by atoms with Crippen LogP contribution in [0.4, 0.5) is 4.79 Å². The zero-order valence-corrected chi connectivity index (χ0v) is 24.0. The van der Waals surface area contributed by atoms with Crippen molar-refractivity contribution < 1.29 is 38.4 Å². The summed E-state index contributed by atoms with van der Waals surface area (Å²) in [4.78, 5) is 38.3. The number of Topliss-reactive ketones (excluding diaryl/α,β-unsaturated/α-hetero) is 1. The summed E-state index contributed by atoms with van der Waals surface area (Å²) in [6.45, 7) is 8.32. The number of methoxy groups -OCH3 is 2. The SMILES string of the molecule is COc1ccc(/C=C/C(=O)c2ccc(OC)c3c2OC(C)(C)C=C3)cc1CC(=O)C(CO)NC(=O)OC(C)(C)C. The van der Waals surface area contributed by atoms with Gasteiger partial charge in [-0.05, 0) is 82.7 Å². The minimum absolute atomic E-state index is 0.124. The number of ether oxygens (including phenoxy) is 4. The van der Waals surface area contributed by atoms with Gasteiger partial charge in [0, 0.05) is 12.0 Å². The van der Waals surface area contributed by atoms with E-state index in [4.69, 9.17) is 18.9 Å². The number of ketones is 2. The van der Waals surface area contributed by atoms with Crippen molar-refractivity contribution >= 4 is 29.8 Å². The van der Waals surface area contributed by atoms with E-state index in [1.807, 2.05) is 26.0 Å². The second kappa shape index (κ2) is 12.4. The van der Waals surface area contributed by atoms with Gasteiger partial charge < -0.3 is 29.4 Å². The van der Waals surface area contributed by atoms with E-state index < -0.39 is 35.7 Å². The molecule has 9 heteroatoms. The van der Waals surface area contributed by atoms with E-state index in [9.17, 15) is 19.5 Å². The van der Waals surface area contributed by atoms with Gasteiger partial charge in [-0.3, -0.25) is 9.59 Å². The highest BCUT2D eigenvalue weighted by atomic mass is 16.6. The van der Waals surface area contributed by atoms with Crippen LogP contribution >= 0.6 is 0 Å². The summed E-state index contributed by atoms with van der Waals surface area (Å²) in [5.74, 6) is 0.823. The normalized spacial score (nSPS) is 14.6. The topological polar surface area (TPSA) is 120 Å². The number of nitrogens with one attached hydrogen (secondary N) is 1. The molecular weight excluding hydrogens is 514 g/mol. The van der Waals surface area contributed by atoms with Crippen LogP contribution in [0.5, 0.6) is 17.2 Å². The molecule has 0 saturated heterocycles. The molecule has 1 atom stereocenters. The molecule has 1 unspecified atom stereocenters. The van der Waals surface area contributed by atoms with E-state index in [1.165, 1.54) is 13.2 Å². The first-order chi connectivity index (χ1) is 18.8. The van der Waals surface area contributed by atoms with Crippen molar-refractivity contribution in [3.63, 3.8) is 0 Å². The molecule has 0 spiro atoms. The number of amides is 1. The third kappa shape index (κ3) is 7.72. The van der Waals surface area contributed by atoms with Gasteiger partial charge in [-0.1, -0.05) is 12.1 Å². The van der Waals surface area contributed by atoms with Crippen LogP contribution in [0.2, 0.25) is 0 Å². The Kier molecular flexibility index (Phi) is 9.42. The Balaban J connectivity index is 1.81. The van der Waals surface area contributed by atoms with Gasteiger partial charge in [0.25, 0.3) is 0 Å². The van der Waals surface area contributed by atoms with Crippen molar-refractivity contribution in [1.29, 1.82) is 0 Å². The summed E-state index contributed by atoms with van der Waals surface area (Å²) >= 11 is 0. The lowest BCUT2D eigenvalue weighted by Gasteiger charge is -2.29. The van der Waals surface area contributed by atoms with Gasteiger partial charge in [-0.25, -0.2) is 4.79 Å². The number of aliphatic hydroxyl groups is 1. The molecule has 0 radical (unpaired) electrons. The standard InChI is InChI=1S/C31H37NO8/c1-30(2,3)40-29(36)32-23(18-33)25(35)17-20-16-19(9-12-26(20)37-6)8-11-24(34)21-10-13-27(38-7)22-14-15-31(4,5)39-28(21)22/h8-16,23,33H,17-18H2,1-7H3,(H,32,36)/b11-8+. The number of alkyl carbamates (subject to hydrolysis) is 1. The molecule has 1 amide bonds. The zero-order valence-electron chi connectivity index (χ0n) is 24.0. The van der Waals surface area contributed by atoms with E-state index in [0.717, 1.165) is 0 Å². The number of fused-ring (bicyclic) bond motifs is 1. The third-order valence-corrected chi connectivity index (χ3v) is 6.02. The van der Waals surface area contributed by atoms with Crippen LogP contribution < -0.4 is 19.5 Å². The molecule has 3 rings (SSSR count). The molecular formula is C31H37NO8. The number of aliphatic hydroxyl groups excluding tert-OH is 1. The van der Waals surface area contributed by atoms with Gasteiger partial charge >= 0.3 is 6.09 Å². The average molecular weight is 552 g/mol. The van der Waals surface area contributed by atoms with Crippen LogP contribution in [-0.2, 0) is 16.0 Å². The Morgan fingerprint density at radius 2 is 1.75 bits per heavy atom. The summed E-state index contributed by atoms with van der Waals surface area (Å²) in [6, 6.07) is 7.41. The number of carbonyl (C=O) groups is 3. The smallest absolute Gasteiger partial charge is 0.408 e. The quantitative estimate of drug-likeness (QED) is 0.320. The van der Waals surface area contributed by atoms with Crippen molar-refractivity contribution in [2.75, 3.05) is 20.8 Å². The summed E-state index contributed by atoms with van der Waals surface area (Å²) in [5, 5.41) is 12.1. The fraction of sp³-hybridized carbons (Fsp3) is 0.387. The van der Waals surface area contributed by atoms with Crippen molar-refractivity contribution in [2.45, 2.75) is 58.3 Å². The van der Waals surface area contributed by atoms with Crippen LogP contribution in [-0.4, -0.2) is 60.8 Å². The molecule has 214 valence electrons. The molecule has 0 aromatic heterocycles. The summed E-state index contributed by atoms with van der Waals surface area (Å²) in [6.07, 6.45) is 5.95. The van der Waals surface area contributed by atoms with Gasteiger partial charge in [-0.15, -0.1) is 0 Å². The lowest BCUT2D eigenvalue weighted by atomic mass is 9.96. The van der Waals surface area contributed by atoms with Gasteiger partial charge in [0.1, 0.15) is 34.5 Å². The third-order valence-electron chi connectivity index (χ3n) is 6.02. The predicted octanol–water partition coefficient (Wildman–Crippen LogP) is 4.78. The Hall–Kier alpha value is -4.11. The van der Waals surface area contributed by atoms with E-state index >= 15 is 0 Å². The maximum atomic E-state index is 13.2. The number of hydrogen-bond donors (Lipinski definition) is 2. The summed E-state index contributed by atoms with van der Waals surface area (Å²) in [7, 11) is 3.04. The Morgan fingerprint density at radius 1 is 1.07 bits per heavy atom. The average Bonchev–Trinajstić information content (AvgIpc) is 2.88. The largest absolute Gasteiger partial charge is 0.496 e. The van der Waals surface area contributed by atoms with E-state index in [1.54, 1.807) is 64.3 Å². The van der Waals surface area contributed by atoms with E-state index in [-0.39, 0.29) is 12.2 Å². The Labute approximate surface area is 234 Å². The molecule has 2 aromatic carbocycles. The second-order valence-electron chi connectivity index (χ2n) is 10.9. The minimum Gasteiger partial charge on any atom is -0.496 e. The number of benzene rings is 2. The minimum atomic E-state index is -1.15. The van der Waals surface area contributed by atoms with Crippen LogP contribution in [0.15, 0.2) is 42.5 Å². The van der Waals surface area contributed by atoms with Crippen LogP contribution in [0.25, 0.3) is 12.2 Å². The van der Waals surface area contributed by atoms with E-state index in [2.05, 4.69) is 5.32 Å². The van der Waals surface area contributed by atoms with Gasteiger partial charge in [0.15, 0.2) is 11.6 Å². The highest BCUT2D eigenvalue weighted by Gasteiger charge is 2.28. The molecule has 2 aromatic rings. The molecule has 1 aliphatic rings. The number of hydrogen-bond acceptors (Lipinski definition) is 8. The predicted molar refractivity (Wildman–Crippen MR) is 152 cm³/mol. The lowest BCUT2D eigenvalue weighted by molar-refractivity contribution is -0.121. The fourth-order valence-electron chi connectivity index (χ4n) is 4.09. The van der Waals surface area contributed by atoms with Gasteiger partial charge in [0.2, 0.25) is 0 Å². The fourth-order valence-corrected chi connectivity index (χ4v) is 4.09. The first kappa shape index (κ1) is 30.4. The molecule has 9 nitrogen and oxygen atoms in total. The molecule has 0 bridgehead atoms. The van der Waals surface area contributed by atoms with Crippen LogP contribution in [0, 0.1) is 0 Å². The molecule has 0 saturated carbocycles. The number of rotatable bonds is 10. The molecule has 0 aliphatic carbocycles. The highest BCUT2D eigenvalue weighted by molar-refractivity contribution is 6.09. The molecule has 1 heterocycles. The second-order valence-corrected chi connectivity index (χ2v) is 10.9. The van der Waals surface area contributed by atoms with Crippen LogP contribution in [0.1, 0.15) is 61.7 Å². The van der Waals surface area contributed by atoms with Crippen molar-refractivity contribution in [1.82, 2.24) is 5.32 Å². The Bertz CT molecular complexity index is 1330. The zero-order chi connectivity index (χ0) is 29.7. The lowest BCUT2D eigenvalue weighted by Crippen LogP contribution is -2.46. The number of allylic oxidation sites excluding steroid dienone is 1. The maximum Gasteiger partial charge on any atom is 0.408 e. The van der Waals surface area contributed by atoms with Crippen molar-refractivity contribution in [3.05, 3.63) is 64.7 Å². The number of carbonyl (C=O) groups excluding carboxylic acids is 3. The summed E-state index contributed by atoms with van der Waals surface area (Å²) < 4.78 is 22.1. The Morgan fingerprint density at radius 3 is 2.38 bits per heavy atom. The van der Waals surface area contributed by atoms with Gasteiger partial charge in [0.05, 0.1) is 32.0 Å². The first-order valence-corrected chi connectivity index (χ1v) is 12.9. The van der Waals surface area contributed by atoms with Crippen molar-refractivity contribution in [2.24, 2.45) is 0 Å². The monoisotopic (exact) mass is 551 g/mol. The first-order valence-electron chi connectivity index (χ1n) is 12.9. The van der Waals surface area contributed by atoms with Crippen LogP contribution in [0.3, 0.4) is 0 Å². The van der Waals surface area contributed by atoms with E-state index in [0.29, 0.717) is 39.5 Å².